The molecule has 0 spiro atoms. The Bertz CT molecular complexity index is 1350. The first-order valence-corrected chi connectivity index (χ1v) is 12.2. The van der Waals surface area contributed by atoms with E-state index in [4.69, 9.17) is 4.74 Å². The molecule has 1 aliphatic heterocycles. The van der Waals surface area contributed by atoms with Crippen LogP contribution >= 0.6 is 15.9 Å². The Morgan fingerprint density at radius 2 is 2.11 bits per heavy atom. The molecule has 2 atom stereocenters. The number of esters is 1. The maximum atomic E-state index is 13.4. The highest BCUT2D eigenvalue weighted by molar-refractivity contribution is 9.10. The van der Waals surface area contributed by atoms with E-state index in [0.29, 0.717) is 28.1 Å². The first-order valence-electron chi connectivity index (χ1n) is 11.4. The number of hydrogen-bond donors (Lipinski definition) is 5. The highest BCUT2D eigenvalue weighted by Gasteiger charge is 2.21. The molecule has 13 heteroatoms. The van der Waals surface area contributed by atoms with Gasteiger partial charge in [0.2, 0.25) is 5.91 Å². The van der Waals surface area contributed by atoms with Crippen molar-refractivity contribution in [3.8, 4) is 0 Å². The number of anilines is 1. The number of fused-ring (bicyclic) bond motifs is 1. The molecule has 0 radical (unpaired) electrons. The number of nitrogens with one attached hydrogen (secondary N) is 5. The molecule has 2 amide bonds. The molecule has 4 rings (SSSR count). The van der Waals surface area contributed by atoms with Gasteiger partial charge in [-0.3, -0.25) is 19.5 Å². The number of amides is 2. The zero-order valence-electron chi connectivity index (χ0n) is 19.8. The molecule has 3 aromatic rings. The fourth-order valence-electron chi connectivity index (χ4n) is 3.75. The van der Waals surface area contributed by atoms with E-state index in [-0.39, 0.29) is 31.6 Å². The molecule has 0 bridgehead atoms. The van der Waals surface area contributed by atoms with Crippen LogP contribution in [0.3, 0.4) is 0 Å². The summed E-state index contributed by atoms with van der Waals surface area (Å²) >= 11 is 3.38. The number of hydrogen-bond acceptors (Lipinski definition) is 8. The van der Waals surface area contributed by atoms with E-state index in [1.807, 2.05) is 6.07 Å². The van der Waals surface area contributed by atoms with Crippen LogP contribution in [0.2, 0.25) is 0 Å². The van der Waals surface area contributed by atoms with Crippen LogP contribution in [0, 0.1) is 0 Å². The van der Waals surface area contributed by atoms with Gasteiger partial charge in [0.15, 0.2) is 5.96 Å². The number of rotatable bonds is 8. The maximum Gasteiger partial charge on any atom is 0.307 e. The number of guanidine groups is 1. The van der Waals surface area contributed by atoms with Crippen molar-refractivity contribution in [1.82, 2.24) is 26.1 Å². The van der Waals surface area contributed by atoms with E-state index >= 15 is 0 Å². The van der Waals surface area contributed by atoms with Gasteiger partial charge < -0.3 is 26.0 Å². The molecule has 2 unspecified atom stereocenters. The third-order valence-corrected chi connectivity index (χ3v) is 6.10. The second-order valence-electron chi connectivity index (χ2n) is 8.29. The van der Waals surface area contributed by atoms with Crippen molar-refractivity contribution < 1.29 is 23.5 Å². The third-order valence-electron chi connectivity index (χ3n) is 5.61. The van der Waals surface area contributed by atoms with Crippen molar-refractivity contribution >= 4 is 56.3 Å². The van der Waals surface area contributed by atoms with Gasteiger partial charge in [-0.2, -0.15) is 5.10 Å². The van der Waals surface area contributed by atoms with Crippen LogP contribution in [0.15, 0.2) is 52.1 Å². The molecule has 37 heavy (non-hydrogen) atoms. The number of H-pyrrole nitrogens is 1. The predicted octanol–water partition coefficient (Wildman–Crippen LogP) is 2.19. The lowest BCUT2D eigenvalue weighted by Gasteiger charge is -2.19. The van der Waals surface area contributed by atoms with Gasteiger partial charge in [0.05, 0.1) is 56.6 Å². The Labute approximate surface area is 219 Å². The lowest BCUT2D eigenvalue weighted by atomic mass is 10.0. The molecule has 11 nitrogen and oxygen atoms in total. The van der Waals surface area contributed by atoms with Crippen LogP contribution in [0.4, 0.5) is 10.1 Å². The van der Waals surface area contributed by atoms with Gasteiger partial charge in [-0.15, -0.1) is 0 Å². The SMILES string of the molecule is COC(=O)CC(NC(=O)CNC(=O)c1cc(NC2=NCC(F)CN2)c2cn[nH]c2c1)c1cccc(Br)c1. The van der Waals surface area contributed by atoms with E-state index in [1.54, 1.807) is 36.5 Å². The minimum atomic E-state index is -1.06. The second kappa shape index (κ2) is 11.8. The lowest BCUT2D eigenvalue weighted by Crippen LogP contribution is -2.41. The molecule has 0 aliphatic carbocycles. The molecule has 0 fully saturated rings. The summed E-state index contributed by atoms with van der Waals surface area (Å²) in [6.07, 6.45) is 0.468. The van der Waals surface area contributed by atoms with Gasteiger partial charge in [0, 0.05) is 15.4 Å². The van der Waals surface area contributed by atoms with Crippen LogP contribution in [0.1, 0.15) is 28.4 Å². The molecule has 0 saturated heterocycles. The van der Waals surface area contributed by atoms with Crippen molar-refractivity contribution in [2.24, 2.45) is 4.99 Å². The predicted molar refractivity (Wildman–Crippen MR) is 139 cm³/mol. The summed E-state index contributed by atoms with van der Waals surface area (Å²) in [4.78, 5) is 41.6. The molecule has 1 aliphatic rings. The summed E-state index contributed by atoms with van der Waals surface area (Å²) in [6.45, 7) is -0.150. The van der Waals surface area contributed by atoms with Gasteiger partial charge in [-0.1, -0.05) is 28.1 Å². The largest absolute Gasteiger partial charge is 0.469 e. The summed E-state index contributed by atoms with van der Waals surface area (Å²) in [5.41, 5.74) is 2.10. The van der Waals surface area contributed by atoms with Crippen LogP contribution in [0.25, 0.3) is 10.9 Å². The zero-order chi connectivity index (χ0) is 26.4. The molecule has 1 aromatic heterocycles. The fraction of sp³-hybridized carbons (Fsp3) is 0.292. The summed E-state index contributed by atoms with van der Waals surface area (Å²) in [7, 11) is 1.27. The number of nitrogens with zero attached hydrogens (tertiary/aromatic N) is 2. The minimum Gasteiger partial charge on any atom is -0.469 e. The van der Waals surface area contributed by atoms with E-state index in [2.05, 4.69) is 52.4 Å². The first kappa shape index (κ1) is 26.1. The van der Waals surface area contributed by atoms with Gasteiger partial charge in [-0.25, -0.2) is 9.38 Å². The molecule has 194 valence electrons. The van der Waals surface area contributed by atoms with Crippen molar-refractivity contribution in [3.63, 3.8) is 0 Å². The Hall–Kier alpha value is -4.00. The van der Waals surface area contributed by atoms with Crippen LogP contribution < -0.4 is 21.3 Å². The Morgan fingerprint density at radius 1 is 1.27 bits per heavy atom. The normalized spacial score (nSPS) is 15.8. The topological polar surface area (TPSA) is 150 Å². The summed E-state index contributed by atoms with van der Waals surface area (Å²) in [6, 6.07) is 9.76. The number of methoxy groups -OCH3 is 1. The third kappa shape index (κ3) is 6.82. The maximum absolute atomic E-state index is 13.4. The number of ether oxygens (including phenoxy) is 1. The van der Waals surface area contributed by atoms with Gasteiger partial charge in [0.1, 0.15) is 6.17 Å². The number of benzene rings is 2. The van der Waals surface area contributed by atoms with E-state index in [0.717, 1.165) is 4.47 Å². The molecular formula is C24H25BrFN7O4. The number of aliphatic imine (C=N–C) groups is 1. The summed E-state index contributed by atoms with van der Waals surface area (Å²) < 4.78 is 18.9. The van der Waals surface area contributed by atoms with Crippen molar-refractivity contribution in [2.45, 2.75) is 18.6 Å². The van der Waals surface area contributed by atoms with E-state index in [1.165, 1.54) is 7.11 Å². The van der Waals surface area contributed by atoms with Crippen LogP contribution in [-0.4, -0.2) is 66.9 Å². The number of alkyl halides is 1. The Kier molecular flexibility index (Phi) is 8.33. The molecule has 5 N–H and O–H groups in total. The van der Waals surface area contributed by atoms with E-state index in [9.17, 15) is 18.8 Å². The first-order chi connectivity index (χ1) is 17.8. The monoisotopic (exact) mass is 573 g/mol. The number of aromatic nitrogens is 2. The number of aromatic amines is 1. The zero-order valence-corrected chi connectivity index (χ0v) is 21.4. The smallest absolute Gasteiger partial charge is 0.307 e. The molecule has 2 aromatic carbocycles. The molecular weight excluding hydrogens is 549 g/mol. The lowest BCUT2D eigenvalue weighted by molar-refractivity contribution is -0.141. The highest BCUT2D eigenvalue weighted by atomic mass is 79.9. The minimum absolute atomic E-state index is 0.0378. The van der Waals surface area contributed by atoms with Crippen LogP contribution in [-0.2, 0) is 14.3 Å². The second-order valence-corrected chi connectivity index (χ2v) is 9.20. The molecule has 0 saturated carbocycles. The standard InChI is InChI=1S/C24H25BrFN7O4/c1-37-22(35)8-18(13-3-2-4-15(25)5-13)31-21(34)12-27-23(36)14-6-19(17-11-30-33-20(17)7-14)32-24-28-9-16(26)10-29-24/h2-7,11,16,18H,8-10,12H2,1H3,(H,27,36)(H,30,33)(H,31,34)(H2,28,29,32). The summed E-state index contributed by atoms with van der Waals surface area (Å²) in [5.74, 6) is -1.08. The van der Waals surface area contributed by atoms with Crippen molar-refractivity contribution in [2.75, 3.05) is 32.1 Å². The van der Waals surface area contributed by atoms with Crippen molar-refractivity contribution in [1.29, 1.82) is 0 Å². The average molecular weight is 574 g/mol. The number of halogens is 2. The quantitative estimate of drug-likeness (QED) is 0.259. The van der Waals surface area contributed by atoms with Gasteiger partial charge >= 0.3 is 5.97 Å². The van der Waals surface area contributed by atoms with Crippen molar-refractivity contribution in [3.05, 3.63) is 58.2 Å². The number of carbonyl (C=O) groups excluding carboxylic acids is 3. The Balaban J connectivity index is 1.43. The van der Waals surface area contributed by atoms with E-state index < -0.39 is 30.0 Å². The summed E-state index contributed by atoms with van der Waals surface area (Å²) in [5, 5.41) is 18.8. The highest BCUT2D eigenvalue weighted by Crippen LogP contribution is 2.25. The average Bonchev–Trinajstić information content (AvgIpc) is 3.37. The number of carbonyl (C=O) groups is 3. The van der Waals surface area contributed by atoms with Gasteiger partial charge in [-0.05, 0) is 29.8 Å². The fourth-order valence-corrected chi connectivity index (χ4v) is 4.17. The molecule has 2 heterocycles. The van der Waals surface area contributed by atoms with Gasteiger partial charge in [0.25, 0.3) is 5.91 Å². The van der Waals surface area contributed by atoms with Crippen LogP contribution in [0.5, 0.6) is 0 Å². The Morgan fingerprint density at radius 3 is 2.84 bits per heavy atom.